The van der Waals surface area contributed by atoms with E-state index in [1.54, 1.807) is 0 Å². The minimum Gasteiger partial charge on any atom is -0.388 e. The number of hydrogen-bond acceptors (Lipinski definition) is 2. The van der Waals surface area contributed by atoms with Gasteiger partial charge in [-0.3, -0.25) is 0 Å². The summed E-state index contributed by atoms with van der Waals surface area (Å²) in [4.78, 5) is 0. The summed E-state index contributed by atoms with van der Waals surface area (Å²) in [5.74, 6) is 0. The van der Waals surface area contributed by atoms with Crippen LogP contribution in [0.4, 0.5) is 0 Å². The number of nitrogens with one attached hydrogen (secondary N) is 2. The Hall–Kier alpha value is -1.28. The molecule has 0 radical (unpaired) electrons. The molecule has 2 unspecified atom stereocenters. The first-order chi connectivity index (χ1) is 7.69. The van der Waals surface area contributed by atoms with Crippen molar-refractivity contribution >= 4 is 0 Å². The van der Waals surface area contributed by atoms with Crippen LogP contribution in [0.3, 0.4) is 0 Å². The van der Waals surface area contributed by atoms with Gasteiger partial charge in [0.25, 0.3) is 0 Å². The highest BCUT2D eigenvalue weighted by atomic mass is 15.0. The number of likely N-dealkylation sites (N-methyl/N-ethyl adjacent to an activating group) is 1. The maximum atomic E-state index is 4.10. The summed E-state index contributed by atoms with van der Waals surface area (Å²) >= 11 is 0. The van der Waals surface area contributed by atoms with E-state index in [1.807, 2.05) is 19.2 Å². The maximum Gasteiger partial charge on any atom is 0.0389 e. The van der Waals surface area contributed by atoms with Crippen LogP contribution in [0.2, 0.25) is 0 Å². The molecule has 2 heteroatoms. The number of hydrogen-bond donors (Lipinski definition) is 2. The van der Waals surface area contributed by atoms with Gasteiger partial charge in [-0.15, -0.1) is 0 Å². The lowest BCUT2D eigenvalue weighted by Crippen LogP contribution is -2.24. The van der Waals surface area contributed by atoms with Gasteiger partial charge in [-0.05, 0) is 37.0 Å². The Morgan fingerprint density at radius 2 is 2.00 bits per heavy atom. The summed E-state index contributed by atoms with van der Waals surface area (Å²) < 4.78 is 0. The van der Waals surface area contributed by atoms with Crippen molar-refractivity contribution in [2.24, 2.45) is 0 Å². The van der Waals surface area contributed by atoms with Crippen LogP contribution in [0.25, 0.3) is 0 Å². The highest BCUT2D eigenvalue weighted by Gasteiger charge is 2.39. The van der Waals surface area contributed by atoms with Gasteiger partial charge >= 0.3 is 0 Å². The fourth-order valence-corrected chi connectivity index (χ4v) is 2.86. The van der Waals surface area contributed by atoms with Gasteiger partial charge in [0.15, 0.2) is 0 Å². The first kappa shape index (κ1) is 11.2. The SMILES string of the molecule is C=C/C=C(\NC)C1=C(C(=C)C)C2CCC1N2. The highest BCUT2D eigenvalue weighted by molar-refractivity contribution is 5.54. The smallest absolute Gasteiger partial charge is 0.0389 e. The Morgan fingerprint density at radius 1 is 1.38 bits per heavy atom. The molecule has 0 aromatic rings. The molecule has 0 aliphatic carbocycles. The zero-order chi connectivity index (χ0) is 11.7. The molecule has 2 bridgehead atoms. The van der Waals surface area contributed by atoms with Crippen molar-refractivity contribution in [2.45, 2.75) is 31.8 Å². The van der Waals surface area contributed by atoms with Crippen molar-refractivity contribution in [3.8, 4) is 0 Å². The number of fused-ring (bicyclic) bond motifs is 2. The summed E-state index contributed by atoms with van der Waals surface area (Å²) in [7, 11) is 1.96. The first-order valence-electron chi connectivity index (χ1n) is 5.86. The normalized spacial score (nSPS) is 28.5. The van der Waals surface area contributed by atoms with Gasteiger partial charge in [0.1, 0.15) is 0 Å². The molecule has 2 N–H and O–H groups in total. The first-order valence-corrected chi connectivity index (χ1v) is 5.86. The van der Waals surface area contributed by atoms with Crippen LogP contribution >= 0.6 is 0 Å². The van der Waals surface area contributed by atoms with E-state index in [9.17, 15) is 0 Å². The molecule has 0 aromatic heterocycles. The monoisotopic (exact) mass is 216 g/mol. The molecule has 2 aliphatic rings. The van der Waals surface area contributed by atoms with Gasteiger partial charge in [0.05, 0.1) is 0 Å². The molecule has 2 atom stereocenters. The zero-order valence-corrected chi connectivity index (χ0v) is 10.1. The van der Waals surface area contributed by atoms with E-state index in [0.717, 1.165) is 0 Å². The summed E-state index contributed by atoms with van der Waals surface area (Å²) in [6.45, 7) is 9.97. The van der Waals surface area contributed by atoms with Crippen LogP contribution in [-0.4, -0.2) is 19.1 Å². The molecule has 0 amide bonds. The Labute approximate surface area is 97.8 Å². The lowest BCUT2D eigenvalue weighted by molar-refractivity contribution is 0.691. The van der Waals surface area contributed by atoms with Gasteiger partial charge in [0, 0.05) is 24.8 Å². The summed E-state index contributed by atoms with van der Waals surface area (Å²) in [6.07, 6.45) is 6.34. The highest BCUT2D eigenvalue weighted by Crippen LogP contribution is 2.39. The predicted molar refractivity (Wildman–Crippen MR) is 69.1 cm³/mol. The minimum atomic E-state index is 0.496. The van der Waals surface area contributed by atoms with Crippen LogP contribution in [0.1, 0.15) is 19.8 Å². The number of rotatable bonds is 4. The van der Waals surface area contributed by atoms with Crippen LogP contribution < -0.4 is 10.6 Å². The second-order valence-corrected chi connectivity index (χ2v) is 4.52. The topological polar surface area (TPSA) is 24.1 Å². The van der Waals surface area contributed by atoms with Crippen LogP contribution in [0.15, 0.2) is 47.7 Å². The third-order valence-corrected chi connectivity index (χ3v) is 3.44. The lowest BCUT2D eigenvalue weighted by atomic mass is 9.86. The fourth-order valence-electron chi connectivity index (χ4n) is 2.86. The van der Waals surface area contributed by atoms with E-state index in [-0.39, 0.29) is 0 Å². The predicted octanol–water partition coefficient (Wildman–Crippen LogP) is 2.28. The van der Waals surface area contributed by atoms with Gasteiger partial charge in [-0.2, -0.15) is 0 Å². The van der Waals surface area contributed by atoms with Crippen LogP contribution in [-0.2, 0) is 0 Å². The van der Waals surface area contributed by atoms with Gasteiger partial charge in [0.2, 0.25) is 0 Å². The van der Waals surface area contributed by atoms with Crippen LogP contribution in [0.5, 0.6) is 0 Å². The van der Waals surface area contributed by atoms with E-state index >= 15 is 0 Å². The average molecular weight is 216 g/mol. The van der Waals surface area contributed by atoms with E-state index in [2.05, 4.69) is 30.7 Å². The third kappa shape index (κ3) is 1.63. The zero-order valence-electron chi connectivity index (χ0n) is 10.1. The Bertz CT molecular complexity index is 388. The summed E-state index contributed by atoms with van der Waals surface area (Å²) in [6, 6.07) is 1.01. The molecule has 1 saturated heterocycles. The molecule has 86 valence electrons. The third-order valence-electron chi connectivity index (χ3n) is 3.44. The molecule has 2 aliphatic heterocycles. The van der Waals surface area contributed by atoms with Crippen molar-refractivity contribution in [3.63, 3.8) is 0 Å². The Balaban J connectivity index is 2.46. The molecule has 0 aromatic carbocycles. The molecule has 2 nitrogen and oxygen atoms in total. The Kier molecular flexibility index (Phi) is 3.01. The van der Waals surface area contributed by atoms with Gasteiger partial charge in [-0.1, -0.05) is 24.8 Å². The molecule has 0 saturated carbocycles. The van der Waals surface area contributed by atoms with Gasteiger partial charge < -0.3 is 10.6 Å². The molecular weight excluding hydrogens is 196 g/mol. The molecular formula is C14H20N2. The number of allylic oxidation sites excluding steroid dienone is 2. The molecule has 0 spiro atoms. The molecule has 1 fully saturated rings. The van der Waals surface area contributed by atoms with Crippen molar-refractivity contribution in [1.29, 1.82) is 0 Å². The second-order valence-electron chi connectivity index (χ2n) is 4.52. The van der Waals surface area contributed by atoms with E-state index in [4.69, 9.17) is 0 Å². The average Bonchev–Trinajstić information content (AvgIpc) is 2.85. The van der Waals surface area contributed by atoms with Crippen molar-refractivity contribution in [3.05, 3.63) is 47.7 Å². The van der Waals surface area contributed by atoms with E-state index in [1.165, 1.54) is 35.3 Å². The quantitative estimate of drug-likeness (QED) is 0.705. The molecule has 2 heterocycles. The molecule has 16 heavy (non-hydrogen) atoms. The second kappa shape index (κ2) is 4.30. The van der Waals surface area contributed by atoms with Crippen molar-refractivity contribution < 1.29 is 0 Å². The summed E-state index contributed by atoms with van der Waals surface area (Å²) in [5.41, 5.74) is 5.15. The van der Waals surface area contributed by atoms with E-state index < -0.39 is 0 Å². The Morgan fingerprint density at radius 3 is 2.50 bits per heavy atom. The minimum absolute atomic E-state index is 0.496. The van der Waals surface area contributed by atoms with Gasteiger partial charge in [-0.25, -0.2) is 0 Å². The molecule has 2 rings (SSSR count). The van der Waals surface area contributed by atoms with Crippen molar-refractivity contribution in [1.82, 2.24) is 10.6 Å². The van der Waals surface area contributed by atoms with Crippen LogP contribution in [0, 0.1) is 0 Å². The fraction of sp³-hybridized carbons (Fsp3) is 0.429. The maximum absolute atomic E-state index is 4.10. The summed E-state index contributed by atoms with van der Waals surface area (Å²) in [5, 5.41) is 6.90. The lowest BCUT2D eigenvalue weighted by Gasteiger charge is -2.20. The van der Waals surface area contributed by atoms with E-state index in [0.29, 0.717) is 12.1 Å². The standard InChI is InChI=1S/C14H20N2/c1-5-6-10(15-4)14-12-8-7-11(16-12)13(14)9(2)3/h5-6,11-12,15-16H,1-2,7-8H2,3-4H3/b10-6-. The van der Waals surface area contributed by atoms with Crippen molar-refractivity contribution in [2.75, 3.05) is 7.05 Å². The largest absolute Gasteiger partial charge is 0.388 e.